The lowest BCUT2D eigenvalue weighted by molar-refractivity contribution is 0.698. The average molecular weight is 202 g/mol. The van der Waals surface area contributed by atoms with Crippen molar-refractivity contribution in [1.82, 2.24) is 9.88 Å². The van der Waals surface area contributed by atoms with E-state index in [4.69, 9.17) is 0 Å². The Morgan fingerprint density at radius 1 is 1.27 bits per heavy atom. The van der Waals surface area contributed by atoms with E-state index in [-0.39, 0.29) is 0 Å². The quantitative estimate of drug-likeness (QED) is 0.806. The molecule has 0 radical (unpaired) electrons. The van der Waals surface area contributed by atoms with Crippen molar-refractivity contribution in [2.45, 2.75) is 26.4 Å². The summed E-state index contributed by atoms with van der Waals surface area (Å²) in [4.78, 5) is 0. The first kappa shape index (κ1) is 10.2. The van der Waals surface area contributed by atoms with Crippen LogP contribution in [0.3, 0.4) is 0 Å². The lowest BCUT2D eigenvalue weighted by Crippen LogP contribution is -2.07. The summed E-state index contributed by atoms with van der Waals surface area (Å²) in [7, 11) is 1.99. The second-order valence-corrected chi connectivity index (χ2v) is 3.89. The van der Waals surface area contributed by atoms with Crippen LogP contribution >= 0.6 is 0 Å². The van der Waals surface area contributed by atoms with E-state index in [2.05, 4.69) is 47.3 Å². The molecule has 0 aliphatic heterocycles. The molecule has 80 valence electrons. The van der Waals surface area contributed by atoms with Crippen LogP contribution in [0.15, 0.2) is 30.5 Å². The first-order valence-corrected chi connectivity index (χ1v) is 5.58. The predicted molar refractivity (Wildman–Crippen MR) is 65.0 cm³/mol. The number of aromatic nitrogens is 1. The molecular weight excluding hydrogens is 184 g/mol. The monoisotopic (exact) mass is 202 g/mol. The van der Waals surface area contributed by atoms with Crippen LogP contribution in [-0.4, -0.2) is 11.6 Å². The van der Waals surface area contributed by atoms with E-state index in [9.17, 15) is 0 Å². The van der Waals surface area contributed by atoms with E-state index >= 15 is 0 Å². The highest BCUT2D eigenvalue weighted by Gasteiger charge is 2.04. The van der Waals surface area contributed by atoms with Crippen molar-refractivity contribution in [2.24, 2.45) is 0 Å². The van der Waals surface area contributed by atoms with Gasteiger partial charge >= 0.3 is 0 Å². The predicted octanol–water partition coefficient (Wildman–Crippen LogP) is 2.77. The summed E-state index contributed by atoms with van der Waals surface area (Å²) in [6.07, 6.45) is 3.37. The molecule has 0 unspecified atom stereocenters. The molecule has 1 aromatic heterocycles. The maximum absolute atomic E-state index is 3.22. The fourth-order valence-corrected chi connectivity index (χ4v) is 2.10. The molecule has 0 atom stereocenters. The molecule has 2 aromatic rings. The van der Waals surface area contributed by atoms with Crippen LogP contribution in [0, 0.1) is 0 Å². The molecule has 0 bridgehead atoms. The molecule has 15 heavy (non-hydrogen) atoms. The van der Waals surface area contributed by atoms with Crippen molar-refractivity contribution in [3.63, 3.8) is 0 Å². The SMILES string of the molecule is CCCn1ccc2cccc(CNC)c21. The van der Waals surface area contributed by atoms with Crippen molar-refractivity contribution in [1.29, 1.82) is 0 Å². The van der Waals surface area contributed by atoms with Gasteiger partial charge in [-0.1, -0.05) is 25.1 Å². The van der Waals surface area contributed by atoms with Crippen LogP contribution in [0.2, 0.25) is 0 Å². The fourth-order valence-electron chi connectivity index (χ4n) is 2.10. The Bertz CT molecular complexity index is 443. The molecule has 1 heterocycles. The second-order valence-electron chi connectivity index (χ2n) is 3.89. The van der Waals surface area contributed by atoms with Crippen molar-refractivity contribution >= 4 is 10.9 Å². The van der Waals surface area contributed by atoms with Crippen LogP contribution in [0.25, 0.3) is 10.9 Å². The van der Waals surface area contributed by atoms with E-state index in [0.717, 1.165) is 13.1 Å². The highest BCUT2D eigenvalue weighted by Crippen LogP contribution is 2.20. The third-order valence-corrected chi connectivity index (χ3v) is 2.70. The third-order valence-electron chi connectivity index (χ3n) is 2.70. The van der Waals surface area contributed by atoms with Gasteiger partial charge in [0.15, 0.2) is 0 Å². The Morgan fingerprint density at radius 3 is 2.87 bits per heavy atom. The Kier molecular flexibility index (Phi) is 3.07. The first-order chi connectivity index (χ1) is 7.36. The molecule has 2 rings (SSSR count). The fraction of sp³-hybridized carbons (Fsp3) is 0.385. The van der Waals surface area contributed by atoms with Gasteiger partial charge in [0.2, 0.25) is 0 Å². The summed E-state index contributed by atoms with van der Waals surface area (Å²) in [6, 6.07) is 8.71. The molecule has 0 aliphatic rings. The summed E-state index contributed by atoms with van der Waals surface area (Å²) in [6.45, 7) is 4.25. The van der Waals surface area contributed by atoms with Crippen LogP contribution in [0.5, 0.6) is 0 Å². The molecule has 0 aliphatic carbocycles. The summed E-state index contributed by atoms with van der Waals surface area (Å²) in [5.74, 6) is 0. The van der Waals surface area contributed by atoms with E-state index in [1.165, 1.54) is 22.9 Å². The zero-order valence-corrected chi connectivity index (χ0v) is 9.46. The third kappa shape index (κ3) is 1.90. The van der Waals surface area contributed by atoms with Gasteiger partial charge in [0, 0.05) is 19.3 Å². The van der Waals surface area contributed by atoms with Gasteiger partial charge in [-0.2, -0.15) is 0 Å². The normalized spacial score (nSPS) is 11.1. The summed E-state index contributed by atoms with van der Waals surface area (Å²) < 4.78 is 2.35. The van der Waals surface area contributed by atoms with Crippen LogP contribution in [0.1, 0.15) is 18.9 Å². The molecule has 0 saturated heterocycles. The number of hydrogen-bond acceptors (Lipinski definition) is 1. The summed E-state index contributed by atoms with van der Waals surface area (Å²) in [5, 5.41) is 4.57. The Balaban J connectivity index is 2.53. The van der Waals surface area contributed by atoms with Gasteiger partial charge in [-0.3, -0.25) is 0 Å². The zero-order valence-electron chi connectivity index (χ0n) is 9.46. The minimum absolute atomic E-state index is 0.936. The minimum atomic E-state index is 0.936. The van der Waals surface area contributed by atoms with Gasteiger partial charge in [-0.15, -0.1) is 0 Å². The summed E-state index contributed by atoms with van der Waals surface area (Å²) in [5.41, 5.74) is 2.77. The average Bonchev–Trinajstić information content (AvgIpc) is 2.64. The Morgan fingerprint density at radius 2 is 2.13 bits per heavy atom. The smallest absolute Gasteiger partial charge is 0.0525 e. The molecule has 2 heteroatoms. The van der Waals surface area contributed by atoms with E-state index < -0.39 is 0 Å². The number of benzene rings is 1. The highest BCUT2D eigenvalue weighted by molar-refractivity contribution is 5.83. The topological polar surface area (TPSA) is 17.0 Å². The molecular formula is C13H18N2. The van der Waals surface area contributed by atoms with Gasteiger partial charge in [-0.05, 0) is 30.5 Å². The second kappa shape index (κ2) is 4.49. The minimum Gasteiger partial charge on any atom is -0.347 e. The molecule has 1 N–H and O–H groups in total. The Hall–Kier alpha value is -1.28. The number of fused-ring (bicyclic) bond motifs is 1. The van der Waals surface area contributed by atoms with Crippen molar-refractivity contribution in [2.75, 3.05) is 7.05 Å². The van der Waals surface area contributed by atoms with Gasteiger partial charge in [0.25, 0.3) is 0 Å². The molecule has 0 amide bonds. The van der Waals surface area contributed by atoms with Crippen LogP contribution in [0.4, 0.5) is 0 Å². The van der Waals surface area contributed by atoms with Gasteiger partial charge < -0.3 is 9.88 Å². The standard InChI is InChI=1S/C13H18N2/c1-3-8-15-9-7-11-5-4-6-12(10-14-2)13(11)15/h4-7,9,14H,3,8,10H2,1-2H3. The van der Waals surface area contributed by atoms with Crippen molar-refractivity contribution in [3.8, 4) is 0 Å². The Labute approximate surface area is 90.9 Å². The number of aryl methyl sites for hydroxylation is 1. The van der Waals surface area contributed by atoms with Crippen LogP contribution < -0.4 is 5.32 Å². The molecule has 2 nitrogen and oxygen atoms in total. The number of hydrogen-bond donors (Lipinski definition) is 1. The molecule has 1 aromatic carbocycles. The van der Waals surface area contributed by atoms with Crippen molar-refractivity contribution < 1.29 is 0 Å². The van der Waals surface area contributed by atoms with Crippen molar-refractivity contribution in [3.05, 3.63) is 36.0 Å². The van der Waals surface area contributed by atoms with Crippen LogP contribution in [-0.2, 0) is 13.1 Å². The number of rotatable bonds is 4. The number of nitrogens with one attached hydrogen (secondary N) is 1. The largest absolute Gasteiger partial charge is 0.347 e. The maximum atomic E-state index is 3.22. The lowest BCUT2D eigenvalue weighted by atomic mass is 10.1. The molecule has 0 spiro atoms. The van der Waals surface area contributed by atoms with E-state index in [1.54, 1.807) is 0 Å². The van der Waals surface area contributed by atoms with Gasteiger partial charge in [0.1, 0.15) is 0 Å². The number of para-hydroxylation sites is 1. The first-order valence-electron chi connectivity index (χ1n) is 5.58. The zero-order chi connectivity index (χ0) is 10.7. The molecule has 0 saturated carbocycles. The number of nitrogens with zero attached hydrogens (tertiary/aromatic N) is 1. The molecule has 0 fully saturated rings. The highest BCUT2D eigenvalue weighted by atomic mass is 15.0. The van der Waals surface area contributed by atoms with E-state index in [1.807, 2.05) is 7.05 Å². The van der Waals surface area contributed by atoms with Gasteiger partial charge in [-0.25, -0.2) is 0 Å². The van der Waals surface area contributed by atoms with Gasteiger partial charge in [0.05, 0.1) is 5.52 Å². The summed E-state index contributed by atoms with van der Waals surface area (Å²) >= 11 is 0. The maximum Gasteiger partial charge on any atom is 0.0525 e. The van der Waals surface area contributed by atoms with E-state index in [0.29, 0.717) is 0 Å². The lowest BCUT2D eigenvalue weighted by Gasteiger charge is -2.08.